The summed E-state index contributed by atoms with van der Waals surface area (Å²) in [5.74, 6) is 0.163. The number of rotatable bonds is 10. The molecular weight excluding hydrogens is 442 g/mol. The first-order valence-electron chi connectivity index (χ1n) is 11.0. The highest BCUT2D eigenvalue weighted by Gasteiger charge is 2.27. The second-order valence-electron chi connectivity index (χ2n) is 8.51. The van der Waals surface area contributed by atoms with Crippen LogP contribution in [0.1, 0.15) is 54.9 Å². The van der Waals surface area contributed by atoms with Crippen LogP contribution in [0.25, 0.3) is 17.3 Å². The molecule has 7 nitrogen and oxygen atoms in total. The third kappa shape index (κ3) is 6.29. The molecule has 1 unspecified atom stereocenters. The first kappa shape index (κ1) is 25.1. The van der Waals surface area contributed by atoms with Crippen LogP contribution in [0.2, 0.25) is 0 Å². The van der Waals surface area contributed by atoms with Gasteiger partial charge in [-0.05, 0) is 63.0 Å². The molecule has 1 saturated carbocycles. The van der Waals surface area contributed by atoms with Crippen LogP contribution in [-0.4, -0.2) is 45.7 Å². The molecule has 0 radical (unpaired) electrons. The molecule has 0 spiro atoms. The van der Waals surface area contributed by atoms with Crippen molar-refractivity contribution in [2.24, 2.45) is 0 Å². The fraction of sp³-hybridized carbons (Fsp3) is 0.400. The molecule has 1 atom stereocenters. The van der Waals surface area contributed by atoms with Crippen molar-refractivity contribution in [1.82, 2.24) is 15.3 Å². The number of ether oxygens (including phenoxy) is 1. The molecule has 34 heavy (non-hydrogen) atoms. The van der Waals surface area contributed by atoms with Crippen molar-refractivity contribution in [3.05, 3.63) is 53.0 Å². The second-order valence-corrected chi connectivity index (χ2v) is 8.51. The zero-order valence-electron chi connectivity index (χ0n) is 19.4. The number of carbonyl (C=O) groups is 1. The maximum Gasteiger partial charge on any atom is 0.272 e. The summed E-state index contributed by atoms with van der Waals surface area (Å²) in [6.07, 6.45) is 5.68. The first-order valence-corrected chi connectivity index (χ1v) is 11.0. The van der Waals surface area contributed by atoms with Crippen LogP contribution in [0.15, 0.2) is 36.1 Å². The van der Waals surface area contributed by atoms with Crippen LogP contribution in [0.3, 0.4) is 0 Å². The standard InChI is InChI=1S/C25H28F2N4O3/c1-4-5-17(25(3,33)8-9-28)12-22-29-13-19(31-22)16-10-15(2)23(24(32)30-18-6-7-18)20(11-16)34-14-21(26)27/h4-5,10-13,18,21,33H,6-8,14H2,1-3H3,(H,29,31)(H,30,32)/b5-4-,17-12+. The molecule has 2 aromatic rings. The molecule has 1 aromatic carbocycles. The lowest BCUT2D eigenvalue weighted by Gasteiger charge is -2.21. The summed E-state index contributed by atoms with van der Waals surface area (Å²) in [4.78, 5) is 20.2. The number of H-pyrrole nitrogens is 1. The van der Waals surface area contributed by atoms with Crippen molar-refractivity contribution in [3.63, 3.8) is 0 Å². The monoisotopic (exact) mass is 470 g/mol. The minimum atomic E-state index is -2.68. The summed E-state index contributed by atoms with van der Waals surface area (Å²) in [5.41, 5.74) is 1.13. The Morgan fingerprint density at radius 1 is 1.47 bits per heavy atom. The van der Waals surface area contributed by atoms with E-state index < -0.39 is 18.6 Å². The average molecular weight is 471 g/mol. The molecule has 9 heteroatoms. The van der Waals surface area contributed by atoms with E-state index in [0.717, 1.165) is 12.8 Å². The third-order valence-electron chi connectivity index (χ3n) is 5.39. The number of halogens is 2. The topological polar surface area (TPSA) is 111 Å². The molecule has 1 fully saturated rings. The number of aryl methyl sites for hydroxylation is 1. The van der Waals surface area contributed by atoms with Crippen molar-refractivity contribution in [1.29, 1.82) is 5.26 Å². The van der Waals surface area contributed by atoms with E-state index in [1.165, 1.54) is 6.07 Å². The number of aliphatic hydroxyl groups is 1. The number of nitrogens with zero attached hydrogens (tertiary/aromatic N) is 2. The molecule has 180 valence electrons. The Bertz CT molecular complexity index is 1140. The number of aromatic amines is 1. The number of aromatic nitrogens is 2. The number of hydrogen-bond acceptors (Lipinski definition) is 5. The van der Waals surface area contributed by atoms with E-state index in [1.807, 2.05) is 6.07 Å². The second kappa shape index (κ2) is 10.6. The maximum atomic E-state index is 12.8. The normalized spacial score (nSPS) is 15.9. The Morgan fingerprint density at radius 3 is 2.82 bits per heavy atom. The van der Waals surface area contributed by atoms with Crippen molar-refractivity contribution >= 4 is 12.0 Å². The van der Waals surface area contributed by atoms with Crippen molar-refractivity contribution in [3.8, 4) is 23.1 Å². The number of allylic oxidation sites excluding steroid dienone is 1. The summed E-state index contributed by atoms with van der Waals surface area (Å²) in [6, 6.07) is 5.38. The summed E-state index contributed by atoms with van der Waals surface area (Å²) >= 11 is 0. The highest BCUT2D eigenvalue weighted by molar-refractivity contribution is 5.99. The minimum absolute atomic E-state index is 0.0756. The van der Waals surface area contributed by atoms with Gasteiger partial charge in [0.05, 0.1) is 35.5 Å². The summed E-state index contributed by atoms with van der Waals surface area (Å²) in [7, 11) is 0. The number of nitrogens with one attached hydrogen (secondary N) is 2. The molecule has 3 N–H and O–H groups in total. The molecule has 0 bridgehead atoms. The van der Waals surface area contributed by atoms with E-state index in [4.69, 9.17) is 10.00 Å². The molecular formula is C25H28F2N4O3. The van der Waals surface area contributed by atoms with Crippen LogP contribution in [0.5, 0.6) is 5.75 Å². The van der Waals surface area contributed by atoms with Crippen LogP contribution < -0.4 is 10.1 Å². The van der Waals surface area contributed by atoms with Gasteiger partial charge in [-0.3, -0.25) is 4.79 Å². The van der Waals surface area contributed by atoms with Gasteiger partial charge in [-0.15, -0.1) is 0 Å². The predicted molar refractivity (Wildman–Crippen MR) is 124 cm³/mol. The highest BCUT2D eigenvalue weighted by Crippen LogP contribution is 2.32. The molecule has 1 aliphatic carbocycles. The Morgan fingerprint density at radius 2 is 2.21 bits per heavy atom. The number of benzene rings is 1. The fourth-order valence-corrected chi connectivity index (χ4v) is 3.48. The number of carbonyl (C=O) groups excluding carboxylic acids is 1. The zero-order chi connectivity index (χ0) is 24.9. The van der Waals surface area contributed by atoms with E-state index >= 15 is 0 Å². The van der Waals surface area contributed by atoms with Crippen molar-refractivity contribution < 1.29 is 23.4 Å². The molecule has 1 aromatic heterocycles. The lowest BCUT2D eigenvalue weighted by molar-refractivity contribution is 0.0794. The van der Waals surface area contributed by atoms with Crippen molar-refractivity contribution in [2.45, 2.75) is 58.1 Å². The fourth-order valence-electron chi connectivity index (χ4n) is 3.48. The highest BCUT2D eigenvalue weighted by atomic mass is 19.3. The smallest absolute Gasteiger partial charge is 0.272 e. The van der Waals surface area contributed by atoms with Gasteiger partial charge in [-0.1, -0.05) is 12.2 Å². The lowest BCUT2D eigenvalue weighted by atomic mass is 9.92. The number of amides is 1. The number of imidazole rings is 1. The SMILES string of the molecule is C/C=C\C(=C/c1ncc(-c2cc(C)c(C(=O)NC3CC3)c(OCC(F)F)c2)[nH]1)C(C)(O)CC#N. The van der Waals surface area contributed by atoms with E-state index in [1.54, 1.807) is 51.3 Å². The number of hydrogen-bond donors (Lipinski definition) is 3. The summed E-state index contributed by atoms with van der Waals surface area (Å²) < 4.78 is 31.0. The van der Waals surface area contributed by atoms with Crippen LogP contribution in [0, 0.1) is 18.3 Å². The van der Waals surface area contributed by atoms with Crippen molar-refractivity contribution in [2.75, 3.05) is 6.61 Å². The quantitative estimate of drug-likeness (QED) is 0.441. The molecule has 3 rings (SSSR count). The van der Waals surface area contributed by atoms with E-state index in [0.29, 0.717) is 28.2 Å². The Hall–Kier alpha value is -3.51. The van der Waals surface area contributed by atoms with Gasteiger partial charge in [0.15, 0.2) is 0 Å². The van der Waals surface area contributed by atoms with Crippen LogP contribution in [0.4, 0.5) is 8.78 Å². The van der Waals surface area contributed by atoms with Gasteiger partial charge in [0.1, 0.15) is 18.2 Å². The summed E-state index contributed by atoms with van der Waals surface area (Å²) in [6.45, 7) is 4.24. The molecule has 0 saturated heterocycles. The largest absolute Gasteiger partial charge is 0.487 e. The van der Waals surface area contributed by atoms with E-state index in [9.17, 15) is 18.7 Å². The average Bonchev–Trinajstić information content (AvgIpc) is 3.45. The van der Waals surface area contributed by atoms with Gasteiger partial charge >= 0.3 is 0 Å². The van der Waals surface area contributed by atoms with Crippen LogP contribution >= 0.6 is 0 Å². The van der Waals surface area contributed by atoms with Gasteiger partial charge in [-0.25, -0.2) is 13.8 Å². The van der Waals surface area contributed by atoms with Gasteiger partial charge in [0.2, 0.25) is 0 Å². The minimum Gasteiger partial charge on any atom is -0.487 e. The van der Waals surface area contributed by atoms with Gasteiger partial charge in [-0.2, -0.15) is 5.26 Å². The van der Waals surface area contributed by atoms with E-state index in [2.05, 4.69) is 15.3 Å². The van der Waals surface area contributed by atoms with Gasteiger partial charge in [0, 0.05) is 11.6 Å². The molecule has 0 aliphatic heterocycles. The Labute approximate surface area is 197 Å². The summed E-state index contributed by atoms with van der Waals surface area (Å²) in [5, 5.41) is 22.5. The maximum absolute atomic E-state index is 12.8. The van der Waals surface area contributed by atoms with Gasteiger partial charge < -0.3 is 20.1 Å². The molecule has 1 heterocycles. The zero-order valence-corrected chi connectivity index (χ0v) is 19.4. The molecule has 1 amide bonds. The Kier molecular flexibility index (Phi) is 7.84. The van der Waals surface area contributed by atoms with Gasteiger partial charge in [0.25, 0.3) is 12.3 Å². The predicted octanol–water partition coefficient (Wildman–Crippen LogP) is 4.55. The number of alkyl halides is 2. The van der Waals surface area contributed by atoms with E-state index in [-0.39, 0.29) is 29.7 Å². The molecule has 1 aliphatic rings. The van der Waals surface area contributed by atoms with Crippen LogP contribution in [-0.2, 0) is 0 Å². The first-order chi connectivity index (χ1) is 16.1. The third-order valence-corrected chi connectivity index (χ3v) is 5.39. The lowest BCUT2D eigenvalue weighted by Crippen LogP contribution is -2.27. The Balaban J connectivity index is 1.97. The number of nitriles is 1.